The van der Waals surface area contributed by atoms with Crippen LogP contribution < -0.4 is 9.47 Å². The van der Waals surface area contributed by atoms with Gasteiger partial charge in [0.15, 0.2) is 34.9 Å². The van der Waals surface area contributed by atoms with E-state index < -0.39 is 10.8 Å². The van der Waals surface area contributed by atoms with E-state index in [0.717, 1.165) is 106 Å². The Morgan fingerprint density at radius 3 is 0.651 bits per heavy atom. The van der Waals surface area contributed by atoms with E-state index in [-0.39, 0.29) is 0 Å². The lowest BCUT2D eigenvalue weighted by molar-refractivity contribution is 0.436. The van der Waals surface area contributed by atoms with Crippen LogP contribution in [0, 0.1) is 0 Å². The number of para-hydroxylation sites is 4. The fraction of sp³-hybridized carbons (Fsp3) is 0.0204. The number of nitrogens with zero attached hydrogens (tertiary/aromatic N) is 6. The SMILES string of the molecule is c1ccc(-c2ccc(-c3nc(-c4ccccc4)nc(-c4ccc(-c5ccc6c(c5)C5(c7ccccc7Oc7ccccc75)c5ccccc5-6)cc4)n3)cc2)cc1.c1ccc(-c2nc(-c3ccccc3)nc(-c3ccc(-c4ccc5c(c4)C4(c6ccccc6Oc6ccccc64)c4ccccc4-5)cc3)n2)cc1. The van der Waals surface area contributed by atoms with E-state index in [1.165, 1.54) is 50.1 Å². The lowest BCUT2D eigenvalue weighted by Crippen LogP contribution is -2.32. The van der Waals surface area contributed by atoms with E-state index >= 15 is 0 Å². The molecule has 496 valence electrons. The molecule has 2 spiro atoms. The van der Waals surface area contributed by atoms with Gasteiger partial charge >= 0.3 is 0 Å². The van der Waals surface area contributed by atoms with Gasteiger partial charge in [-0.15, -0.1) is 0 Å². The second-order valence-electron chi connectivity index (χ2n) is 27.1. The van der Waals surface area contributed by atoms with E-state index in [1.807, 2.05) is 97.1 Å². The molecule has 8 nitrogen and oxygen atoms in total. The van der Waals surface area contributed by atoms with Crippen molar-refractivity contribution in [2.75, 3.05) is 0 Å². The lowest BCUT2D eigenvalue weighted by Gasteiger charge is -2.39. The molecule has 2 aliphatic heterocycles. The van der Waals surface area contributed by atoms with Crippen LogP contribution in [0.25, 0.3) is 124 Å². The first kappa shape index (κ1) is 61.8. The minimum absolute atomic E-state index is 0.500. The normalized spacial score (nSPS) is 13.0. The number of hydrogen-bond donors (Lipinski definition) is 0. The lowest BCUT2D eigenvalue weighted by atomic mass is 9.66. The highest BCUT2D eigenvalue weighted by molar-refractivity contribution is 5.93. The molecule has 4 heterocycles. The molecule has 4 aliphatic rings. The van der Waals surface area contributed by atoms with Gasteiger partial charge in [-0.25, -0.2) is 29.9 Å². The molecular weight excluding hydrogens is 1290 g/mol. The maximum atomic E-state index is 6.54. The fourth-order valence-electron chi connectivity index (χ4n) is 16.4. The van der Waals surface area contributed by atoms with Crippen LogP contribution in [0.3, 0.4) is 0 Å². The molecule has 0 N–H and O–H groups in total. The van der Waals surface area contributed by atoms with Gasteiger partial charge in [0, 0.05) is 55.6 Å². The van der Waals surface area contributed by atoms with Gasteiger partial charge in [0.25, 0.3) is 0 Å². The average Bonchev–Trinajstić information content (AvgIpc) is 1.52. The van der Waals surface area contributed by atoms with E-state index in [4.69, 9.17) is 39.4 Å². The molecule has 106 heavy (non-hydrogen) atoms. The molecule has 0 saturated heterocycles. The molecule has 0 radical (unpaired) electrons. The summed E-state index contributed by atoms with van der Waals surface area (Å²) >= 11 is 0. The van der Waals surface area contributed by atoms with Crippen LogP contribution in [0.15, 0.2) is 376 Å². The predicted molar refractivity (Wildman–Crippen MR) is 423 cm³/mol. The minimum Gasteiger partial charge on any atom is -0.457 e. The predicted octanol–water partition coefficient (Wildman–Crippen LogP) is 23.7. The Balaban J connectivity index is 0.000000141. The largest absolute Gasteiger partial charge is 0.457 e. The van der Waals surface area contributed by atoms with Gasteiger partial charge in [-0.05, 0) is 114 Å². The number of fused-ring (bicyclic) bond motifs is 18. The Labute approximate surface area is 614 Å². The minimum atomic E-state index is -0.512. The number of benzene rings is 15. The van der Waals surface area contributed by atoms with Crippen molar-refractivity contribution < 1.29 is 9.47 Å². The number of ether oxygens (including phenoxy) is 2. The van der Waals surface area contributed by atoms with Crippen molar-refractivity contribution in [3.63, 3.8) is 0 Å². The average molecular weight is 1360 g/mol. The molecule has 2 aromatic heterocycles. The van der Waals surface area contributed by atoms with Crippen LogP contribution >= 0.6 is 0 Å². The Bertz CT molecular complexity index is 6100. The zero-order valence-corrected chi connectivity index (χ0v) is 57.3. The third kappa shape index (κ3) is 10.2. The van der Waals surface area contributed by atoms with Crippen molar-refractivity contribution in [3.05, 3.63) is 421 Å². The van der Waals surface area contributed by atoms with Crippen molar-refractivity contribution in [1.82, 2.24) is 29.9 Å². The maximum Gasteiger partial charge on any atom is 0.164 e. The number of rotatable bonds is 9. The molecule has 0 bridgehead atoms. The van der Waals surface area contributed by atoms with Crippen molar-refractivity contribution in [2.24, 2.45) is 0 Å². The van der Waals surface area contributed by atoms with Crippen LogP contribution in [-0.4, -0.2) is 29.9 Å². The summed E-state index contributed by atoms with van der Waals surface area (Å²) in [5.74, 6) is 7.42. The third-order valence-corrected chi connectivity index (χ3v) is 21.3. The molecular formula is C98H62N6O2. The second-order valence-corrected chi connectivity index (χ2v) is 27.1. The first-order valence-corrected chi connectivity index (χ1v) is 35.8. The maximum absolute atomic E-state index is 6.54. The number of aromatic nitrogens is 6. The van der Waals surface area contributed by atoms with Crippen molar-refractivity contribution in [2.45, 2.75) is 10.8 Å². The van der Waals surface area contributed by atoms with Gasteiger partial charge in [0.1, 0.15) is 23.0 Å². The molecule has 0 fully saturated rings. The van der Waals surface area contributed by atoms with Crippen LogP contribution in [0.5, 0.6) is 23.0 Å². The Kier molecular flexibility index (Phi) is 14.8. The van der Waals surface area contributed by atoms with Gasteiger partial charge in [-0.1, -0.05) is 340 Å². The summed E-state index contributed by atoms with van der Waals surface area (Å²) in [7, 11) is 0. The Hall–Kier alpha value is -14.1. The van der Waals surface area contributed by atoms with Crippen molar-refractivity contribution in [1.29, 1.82) is 0 Å². The first-order chi connectivity index (χ1) is 52.5. The molecule has 15 aromatic carbocycles. The summed E-state index contributed by atoms with van der Waals surface area (Å²) in [6, 6.07) is 132. The summed E-state index contributed by atoms with van der Waals surface area (Å²) in [5, 5.41) is 0. The van der Waals surface area contributed by atoms with Crippen LogP contribution in [0.1, 0.15) is 44.5 Å². The van der Waals surface area contributed by atoms with Gasteiger partial charge in [-0.3, -0.25) is 0 Å². The highest BCUT2D eigenvalue weighted by Crippen LogP contribution is 2.64. The number of hydrogen-bond acceptors (Lipinski definition) is 8. The van der Waals surface area contributed by atoms with Crippen LogP contribution in [0.2, 0.25) is 0 Å². The van der Waals surface area contributed by atoms with E-state index in [0.29, 0.717) is 34.9 Å². The Morgan fingerprint density at radius 2 is 0.349 bits per heavy atom. The molecule has 8 heteroatoms. The van der Waals surface area contributed by atoms with E-state index in [1.54, 1.807) is 0 Å². The summed E-state index contributed by atoms with van der Waals surface area (Å²) in [6.45, 7) is 0. The van der Waals surface area contributed by atoms with Crippen LogP contribution in [-0.2, 0) is 10.8 Å². The smallest absolute Gasteiger partial charge is 0.164 e. The molecule has 0 saturated carbocycles. The monoisotopic (exact) mass is 1350 g/mol. The van der Waals surface area contributed by atoms with Gasteiger partial charge < -0.3 is 9.47 Å². The molecule has 0 atom stereocenters. The molecule has 0 amide bonds. The zero-order chi connectivity index (χ0) is 70.1. The topological polar surface area (TPSA) is 95.8 Å². The van der Waals surface area contributed by atoms with Gasteiger partial charge in [0.05, 0.1) is 10.8 Å². The highest BCUT2D eigenvalue weighted by Gasteiger charge is 2.53. The highest BCUT2D eigenvalue weighted by atomic mass is 16.5. The summed E-state index contributed by atoms with van der Waals surface area (Å²) < 4.78 is 13.1. The molecule has 17 aromatic rings. The molecule has 2 aliphatic carbocycles. The van der Waals surface area contributed by atoms with Crippen molar-refractivity contribution >= 4 is 0 Å². The molecule has 0 unspecified atom stereocenters. The third-order valence-electron chi connectivity index (χ3n) is 21.3. The fourth-order valence-corrected chi connectivity index (χ4v) is 16.4. The zero-order valence-electron chi connectivity index (χ0n) is 57.3. The Morgan fingerprint density at radius 1 is 0.151 bits per heavy atom. The van der Waals surface area contributed by atoms with Gasteiger partial charge in [-0.2, -0.15) is 0 Å². The van der Waals surface area contributed by atoms with Crippen LogP contribution in [0.4, 0.5) is 0 Å². The summed E-state index contributed by atoms with van der Waals surface area (Å²) in [5.41, 5.74) is 26.2. The molecule has 21 rings (SSSR count). The quantitative estimate of drug-likeness (QED) is 0.141. The second kappa shape index (κ2) is 25.5. The van der Waals surface area contributed by atoms with Crippen molar-refractivity contribution in [3.8, 4) is 147 Å². The van der Waals surface area contributed by atoms with E-state index in [2.05, 4.69) is 279 Å². The summed E-state index contributed by atoms with van der Waals surface area (Å²) in [4.78, 5) is 29.7. The summed E-state index contributed by atoms with van der Waals surface area (Å²) in [6.07, 6.45) is 0. The van der Waals surface area contributed by atoms with Gasteiger partial charge in [0.2, 0.25) is 0 Å². The first-order valence-electron chi connectivity index (χ1n) is 35.8. The van der Waals surface area contributed by atoms with E-state index in [9.17, 15) is 0 Å². The standard InChI is InChI=1S/C52H33N3O.C46H29N3O/c1-3-13-34(14-4-1)35-23-27-38(28-24-35)50-53-49(37-15-5-2-6-16-37)54-51(55-50)39-29-25-36(26-30-39)40-31-32-42-41-17-7-8-18-43(41)52(46(42)33-40)44-19-9-11-21-47(44)56-48-22-12-10-20-45(48)52;1-3-13-31(14-4-1)43-47-44(32-15-5-2-6-16-32)49-45(48-43)33-25-23-30(24-26-33)34-27-28-36-35-17-7-8-18-37(35)46(40(36)29-34)38-19-9-11-21-41(38)50-42-22-12-10-20-39(42)46/h1-33H;1-29H.